The van der Waals surface area contributed by atoms with Gasteiger partial charge < -0.3 is 15.7 Å². The van der Waals surface area contributed by atoms with Crippen LogP contribution in [0.2, 0.25) is 0 Å². The number of hydrogen-bond donors (Lipinski definition) is 2. The van der Waals surface area contributed by atoms with Crippen molar-refractivity contribution in [2.24, 2.45) is 0 Å². The molecule has 1 aromatic carbocycles. The van der Waals surface area contributed by atoms with Crippen molar-refractivity contribution in [1.29, 1.82) is 0 Å². The van der Waals surface area contributed by atoms with Crippen molar-refractivity contribution in [2.45, 2.75) is 13.0 Å². The molecule has 1 rings (SSSR count). The van der Waals surface area contributed by atoms with Crippen LogP contribution in [0, 0.1) is 0 Å². The lowest BCUT2D eigenvalue weighted by molar-refractivity contribution is 0.0754. The van der Waals surface area contributed by atoms with E-state index in [1.165, 1.54) is 0 Å². The third-order valence-corrected chi connectivity index (χ3v) is 3.50. The third kappa shape index (κ3) is 3.06. The van der Waals surface area contributed by atoms with E-state index in [0.29, 0.717) is 0 Å². The normalized spacial score (nSPS) is 12.2. The summed E-state index contributed by atoms with van der Waals surface area (Å²) in [4.78, 5) is 13.8. The second-order valence-electron chi connectivity index (χ2n) is 3.96. The predicted octanol–water partition coefficient (Wildman–Crippen LogP) is 1.80. The van der Waals surface area contributed by atoms with Crippen LogP contribution in [0.25, 0.3) is 0 Å². The standard InChI is InChI=1S/C12H18N2O2S/c1-8(7-17-3)14(2)12(16)9-5-4-6-10(13)11(9)15/h4-6,8,15H,7,13H2,1-3H3. The molecule has 0 fully saturated rings. The van der Waals surface area contributed by atoms with Crippen molar-refractivity contribution >= 4 is 23.4 Å². The fraction of sp³-hybridized carbons (Fsp3) is 0.417. The van der Waals surface area contributed by atoms with Gasteiger partial charge in [0.25, 0.3) is 5.91 Å². The topological polar surface area (TPSA) is 66.6 Å². The first kappa shape index (κ1) is 13.7. The Bertz CT molecular complexity index is 409. The number of anilines is 1. The molecule has 0 aliphatic rings. The molecule has 0 heterocycles. The molecule has 1 atom stereocenters. The number of amides is 1. The van der Waals surface area contributed by atoms with Gasteiger partial charge in [0.1, 0.15) is 0 Å². The lowest BCUT2D eigenvalue weighted by Crippen LogP contribution is -2.36. The fourth-order valence-electron chi connectivity index (χ4n) is 1.48. The van der Waals surface area contributed by atoms with Crippen LogP contribution in [0.15, 0.2) is 18.2 Å². The van der Waals surface area contributed by atoms with E-state index in [1.54, 1.807) is 41.9 Å². The van der Waals surface area contributed by atoms with Crippen LogP contribution in [0.3, 0.4) is 0 Å². The van der Waals surface area contributed by atoms with E-state index in [0.717, 1.165) is 5.75 Å². The SMILES string of the molecule is CSCC(C)N(C)C(=O)c1cccc(N)c1O. The Morgan fingerprint density at radius 3 is 2.82 bits per heavy atom. The molecule has 0 spiro atoms. The molecule has 0 aromatic heterocycles. The van der Waals surface area contributed by atoms with Crippen LogP contribution in [-0.4, -0.2) is 41.0 Å². The quantitative estimate of drug-likeness (QED) is 0.635. The molecule has 1 aromatic rings. The van der Waals surface area contributed by atoms with Crippen LogP contribution in [0.1, 0.15) is 17.3 Å². The first-order valence-corrected chi connectivity index (χ1v) is 6.72. The van der Waals surface area contributed by atoms with Gasteiger partial charge in [0.15, 0.2) is 5.75 Å². The molecular formula is C12H18N2O2S. The van der Waals surface area contributed by atoms with E-state index in [2.05, 4.69) is 0 Å². The fourth-order valence-corrected chi connectivity index (χ4v) is 2.18. The van der Waals surface area contributed by atoms with Gasteiger partial charge in [-0.25, -0.2) is 0 Å². The molecule has 1 amide bonds. The minimum Gasteiger partial charge on any atom is -0.505 e. The zero-order valence-electron chi connectivity index (χ0n) is 10.3. The van der Waals surface area contributed by atoms with E-state index in [1.807, 2.05) is 13.2 Å². The summed E-state index contributed by atoms with van der Waals surface area (Å²) in [6, 6.07) is 4.92. The van der Waals surface area contributed by atoms with Crippen molar-refractivity contribution in [1.82, 2.24) is 4.90 Å². The highest BCUT2D eigenvalue weighted by Crippen LogP contribution is 2.25. The lowest BCUT2D eigenvalue weighted by atomic mass is 10.1. The Balaban J connectivity index is 2.93. The van der Waals surface area contributed by atoms with Gasteiger partial charge in [0.2, 0.25) is 0 Å². The van der Waals surface area contributed by atoms with E-state index < -0.39 is 0 Å². The molecule has 0 aliphatic carbocycles. The maximum atomic E-state index is 12.1. The first-order valence-electron chi connectivity index (χ1n) is 5.32. The summed E-state index contributed by atoms with van der Waals surface area (Å²) in [5, 5.41) is 9.75. The molecule has 0 saturated heterocycles. The molecule has 5 heteroatoms. The number of carbonyl (C=O) groups is 1. The van der Waals surface area contributed by atoms with E-state index >= 15 is 0 Å². The second kappa shape index (κ2) is 5.82. The summed E-state index contributed by atoms with van der Waals surface area (Å²) in [5.74, 6) is 0.503. The van der Waals surface area contributed by atoms with Gasteiger partial charge in [-0.1, -0.05) is 6.07 Å². The van der Waals surface area contributed by atoms with E-state index in [4.69, 9.17) is 5.73 Å². The molecule has 3 N–H and O–H groups in total. The summed E-state index contributed by atoms with van der Waals surface area (Å²) < 4.78 is 0. The molecule has 0 radical (unpaired) electrons. The number of thioether (sulfide) groups is 1. The summed E-state index contributed by atoms with van der Waals surface area (Å²) >= 11 is 1.68. The average Bonchev–Trinajstić information content (AvgIpc) is 2.31. The highest BCUT2D eigenvalue weighted by Gasteiger charge is 2.20. The summed E-state index contributed by atoms with van der Waals surface area (Å²) in [6.07, 6.45) is 1.99. The summed E-state index contributed by atoms with van der Waals surface area (Å²) in [7, 11) is 1.73. The van der Waals surface area contributed by atoms with Crippen molar-refractivity contribution in [2.75, 3.05) is 24.8 Å². The van der Waals surface area contributed by atoms with Crippen LogP contribution in [0.5, 0.6) is 5.75 Å². The number of nitrogen functional groups attached to an aromatic ring is 1. The number of hydrogen-bond acceptors (Lipinski definition) is 4. The lowest BCUT2D eigenvalue weighted by Gasteiger charge is -2.24. The zero-order valence-corrected chi connectivity index (χ0v) is 11.1. The number of nitrogens with zero attached hydrogens (tertiary/aromatic N) is 1. The number of carbonyl (C=O) groups excluding carboxylic acids is 1. The van der Waals surface area contributed by atoms with E-state index in [9.17, 15) is 9.90 Å². The molecule has 0 aliphatic heterocycles. The van der Waals surface area contributed by atoms with Crippen molar-refractivity contribution in [3.63, 3.8) is 0 Å². The van der Waals surface area contributed by atoms with Gasteiger partial charge in [-0.05, 0) is 25.3 Å². The Kier molecular flexibility index (Phi) is 4.69. The Labute approximate surface area is 106 Å². The first-order chi connectivity index (χ1) is 7.99. The predicted molar refractivity (Wildman–Crippen MR) is 72.5 cm³/mol. The Hall–Kier alpha value is -1.36. The number of aromatic hydroxyl groups is 1. The van der Waals surface area contributed by atoms with Gasteiger partial charge >= 0.3 is 0 Å². The Morgan fingerprint density at radius 2 is 2.24 bits per heavy atom. The minimum absolute atomic E-state index is 0.110. The highest BCUT2D eigenvalue weighted by atomic mass is 32.2. The molecule has 4 nitrogen and oxygen atoms in total. The van der Waals surface area contributed by atoms with Gasteiger partial charge in [-0.15, -0.1) is 0 Å². The highest BCUT2D eigenvalue weighted by molar-refractivity contribution is 7.98. The average molecular weight is 254 g/mol. The van der Waals surface area contributed by atoms with Crippen LogP contribution in [-0.2, 0) is 0 Å². The third-order valence-electron chi connectivity index (χ3n) is 2.69. The number of rotatable bonds is 4. The number of nitrogens with two attached hydrogens (primary N) is 1. The van der Waals surface area contributed by atoms with Crippen LogP contribution in [0.4, 0.5) is 5.69 Å². The van der Waals surface area contributed by atoms with Crippen LogP contribution >= 0.6 is 11.8 Å². The maximum Gasteiger partial charge on any atom is 0.257 e. The molecule has 1 unspecified atom stereocenters. The van der Waals surface area contributed by atoms with Crippen LogP contribution < -0.4 is 5.73 Å². The van der Waals surface area contributed by atoms with E-state index in [-0.39, 0.29) is 28.9 Å². The van der Waals surface area contributed by atoms with Gasteiger partial charge in [-0.3, -0.25) is 4.79 Å². The molecule has 17 heavy (non-hydrogen) atoms. The maximum absolute atomic E-state index is 12.1. The molecule has 0 bridgehead atoms. The van der Waals surface area contributed by atoms with Gasteiger partial charge in [-0.2, -0.15) is 11.8 Å². The molecular weight excluding hydrogens is 236 g/mol. The number of phenolic OH excluding ortho intramolecular Hbond substituents is 1. The van der Waals surface area contributed by atoms with Crippen molar-refractivity contribution < 1.29 is 9.90 Å². The summed E-state index contributed by atoms with van der Waals surface area (Å²) in [5.41, 5.74) is 6.04. The number of phenols is 1. The second-order valence-corrected chi connectivity index (χ2v) is 4.87. The number of benzene rings is 1. The largest absolute Gasteiger partial charge is 0.505 e. The van der Waals surface area contributed by atoms with Gasteiger partial charge in [0.05, 0.1) is 11.3 Å². The molecule has 94 valence electrons. The summed E-state index contributed by atoms with van der Waals surface area (Å²) in [6.45, 7) is 1.97. The molecule has 0 saturated carbocycles. The van der Waals surface area contributed by atoms with Crippen molar-refractivity contribution in [3.05, 3.63) is 23.8 Å². The van der Waals surface area contributed by atoms with Gasteiger partial charge in [0, 0.05) is 18.8 Å². The van der Waals surface area contributed by atoms with Crippen molar-refractivity contribution in [3.8, 4) is 5.75 Å². The number of para-hydroxylation sites is 1. The Morgan fingerprint density at radius 1 is 1.59 bits per heavy atom. The monoisotopic (exact) mass is 254 g/mol. The minimum atomic E-state index is -0.212. The zero-order chi connectivity index (χ0) is 13.0. The smallest absolute Gasteiger partial charge is 0.257 e.